The third kappa shape index (κ3) is 3.87. The van der Waals surface area contributed by atoms with Crippen LogP contribution in [0.4, 0.5) is 4.79 Å². The minimum absolute atomic E-state index is 0.142. The molecule has 0 aliphatic heterocycles. The van der Waals surface area contributed by atoms with E-state index in [2.05, 4.69) is 20.9 Å². The fraction of sp³-hybridized carbons (Fsp3) is 0.545. The fourth-order valence-electron chi connectivity index (χ4n) is 2.05. The molecule has 0 spiro atoms. The van der Waals surface area contributed by atoms with Crippen LogP contribution in [-0.4, -0.2) is 39.3 Å². The highest BCUT2D eigenvalue weighted by atomic mass is 16.2. The van der Waals surface area contributed by atoms with E-state index < -0.39 is 11.9 Å². The number of aromatic nitrogens is 3. The highest BCUT2D eigenvalue weighted by molar-refractivity contribution is 5.94. The summed E-state index contributed by atoms with van der Waals surface area (Å²) in [6.45, 7) is -0.154. The van der Waals surface area contributed by atoms with E-state index in [4.69, 9.17) is 0 Å². The van der Waals surface area contributed by atoms with Gasteiger partial charge < -0.3 is 5.32 Å². The molecule has 0 aromatic carbocycles. The highest BCUT2D eigenvalue weighted by Crippen LogP contribution is 2.17. The maximum Gasteiger partial charge on any atom is 0.321 e. The molecule has 0 unspecified atom stereocenters. The van der Waals surface area contributed by atoms with Gasteiger partial charge in [0, 0.05) is 6.04 Å². The number of nitrogens with one attached hydrogen (secondary N) is 2. The molecule has 0 atom stereocenters. The average Bonchev–Trinajstić information content (AvgIpc) is 3.00. The Hall–Kier alpha value is -2.25. The van der Waals surface area contributed by atoms with Crippen LogP contribution in [0.2, 0.25) is 0 Å². The molecule has 1 aliphatic rings. The van der Waals surface area contributed by atoms with E-state index in [1.807, 2.05) is 0 Å². The van der Waals surface area contributed by atoms with Crippen LogP contribution < -0.4 is 10.6 Å². The van der Waals surface area contributed by atoms with Crippen molar-refractivity contribution in [2.45, 2.75) is 38.3 Å². The van der Waals surface area contributed by atoms with Crippen LogP contribution in [0.1, 0.15) is 36.2 Å². The van der Waals surface area contributed by atoms with Crippen molar-refractivity contribution in [3.05, 3.63) is 11.9 Å². The maximum atomic E-state index is 11.5. The van der Waals surface area contributed by atoms with E-state index in [0.717, 1.165) is 25.7 Å². The van der Waals surface area contributed by atoms with Crippen molar-refractivity contribution in [2.75, 3.05) is 0 Å². The zero-order valence-electron chi connectivity index (χ0n) is 10.3. The lowest BCUT2D eigenvalue weighted by Crippen LogP contribution is -2.44. The Balaban J connectivity index is 1.76. The van der Waals surface area contributed by atoms with E-state index in [1.165, 1.54) is 10.9 Å². The molecule has 19 heavy (non-hydrogen) atoms. The minimum Gasteiger partial charge on any atom is -0.335 e. The lowest BCUT2D eigenvalue weighted by atomic mass is 10.2. The number of carbonyl (C=O) groups is 3. The van der Waals surface area contributed by atoms with E-state index in [1.54, 1.807) is 0 Å². The number of carbonyl (C=O) groups excluding carboxylic acids is 3. The van der Waals surface area contributed by atoms with Gasteiger partial charge in [-0.1, -0.05) is 18.1 Å². The van der Waals surface area contributed by atoms with Crippen LogP contribution in [0.25, 0.3) is 0 Å². The Bertz CT molecular complexity index is 478. The van der Waals surface area contributed by atoms with Crippen molar-refractivity contribution in [3.63, 3.8) is 0 Å². The highest BCUT2D eigenvalue weighted by Gasteiger charge is 2.18. The van der Waals surface area contributed by atoms with Crippen LogP contribution in [0.5, 0.6) is 0 Å². The molecule has 1 saturated carbocycles. The van der Waals surface area contributed by atoms with Crippen molar-refractivity contribution < 1.29 is 14.4 Å². The first-order valence-electron chi connectivity index (χ1n) is 6.13. The summed E-state index contributed by atoms with van der Waals surface area (Å²) >= 11 is 0. The molecule has 0 saturated heterocycles. The molecule has 1 aromatic heterocycles. The quantitative estimate of drug-likeness (QED) is 0.737. The van der Waals surface area contributed by atoms with Crippen LogP contribution in [0, 0.1) is 0 Å². The van der Waals surface area contributed by atoms with Crippen molar-refractivity contribution in [3.8, 4) is 0 Å². The summed E-state index contributed by atoms with van der Waals surface area (Å²) < 4.78 is 1.20. The van der Waals surface area contributed by atoms with Gasteiger partial charge in [-0.15, -0.1) is 5.10 Å². The predicted octanol–water partition coefficient (Wildman–Crippen LogP) is -0.141. The molecule has 102 valence electrons. The molecule has 1 aliphatic carbocycles. The molecule has 3 amide bonds. The monoisotopic (exact) mass is 265 g/mol. The van der Waals surface area contributed by atoms with Crippen LogP contribution >= 0.6 is 0 Å². The number of urea groups is 1. The molecule has 0 radical (unpaired) electrons. The van der Waals surface area contributed by atoms with Gasteiger partial charge >= 0.3 is 6.03 Å². The van der Waals surface area contributed by atoms with Crippen LogP contribution in [0.15, 0.2) is 6.20 Å². The first-order valence-corrected chi connectivity index (χ1v) is 6.13. The first kappa shape index (κ1) is 13.2. The summed E-state index contributed by atoms with van der Waals surface area (Å²) in [7, 11) is 0. The predicted molar refractivity (Wildman–Crippen MR) is 64.3 cm³/mol. The number of hydrogen-bond acceptors (Lipinski definition) is 5. The summed E-state index contributed by atoms with van der Waals surface area (Å²) in [6, 6.07) is -0.339. The smallest absolute Gasteiger partial charge is 0.321 e. The Morgan fingerprint density at radius 1 is 1.42 bits per heavy atom. The second-order valence-corrected chi connectivity index (χ2v) is 4.46. The van der Waals surface area contributed by atoms with Gasteiger partial charge in [-0.05, 0) is 12.8 Å². The van der Waals surface area contributed by atoms with Crippen molar-refractivity contribution in [2.24, 2.45) is 0 Å². The van der Waals surface area contributed by atoms with Gasteiger partial charge in [0.25, 0.3) is 0 Å². The lowest BCUT2D eigenvalue weighted by molar-refractivity contribution is -0.120. The van der Waals surface area contributed by atoms with Gasteiger partial charge in [0.2, 0.25) is 5.91 Å². The molecule has 0 bridgehead atoms. The number of amides is 3. The Morgan fingerprint density at radius 2 is 2.16 bits per heavy atom. The average molecular weight is 265 g/mol. The number of imide groups is 1. The Labute approximate surface area is 109 Å². The number of aldehydes is 1. The molecular formula is C11H15N5O3. The van der Waals surface area contributed by atoms with Gasteiger partial charge in [0.1, 0.15) is 12.2 Å². The van der Waals surface area contributed by atoms with Gasteiger partial charge in [0.05, 0.1) is 6.20 Å². The van der Waals surface area contributed by atoms with E-state index >= 15 is 0 Å². The Kier molecular flexibility index (Phi) is 4.22. The second kappa shape index (κ2) is 6.07. The second-order valence-electron chi connectivity index (χ2n) is 4.46. The fourth-order valence-corrected chi connectivity index (χ4v) is 2.05. The zero-order valence-corrected chi connectivity index (χ0v) is 10.3. The summed E-state index contributed by atoms with van der Waals surface area (Å²) in [5.41, 5.74) is 0.142. The third-order valence-corrected chi connectivity index (χ3v) is 2.93. The van der Waals surface area contributed by atoms with E-state index in [9.17, 15) is 14.4 Å². The summed E-state index contributed by atoms with van der Waals surface area (Å²) in [5.74, 6) is -0.502. The lowest BCUT2D eigenvalue weighted by Gasteiger charge is -2.11. The van der Waals surface area contributed by atoms with Crippen LogP contribution in [0.3, 0.4) is 0 Å². The van der Waals surface area contributed by atoms with Crippen molar-refractivity contribution in [1.82, 2.24) is 25.6 Å². The molecule has 2 rings (SSSR count). The van der Waals surface area contributed by atoms with Gasteiger partial charge in [-0.2, -0.15) is 0 Å². The zero-order chi connectivity index (χ0) is 13.7. The third-order valence-electron chi connectivity index (χ3n) is 2.93. The van der Waals surface area contributed by atoms with E-state index in [0.29, 0.717) is 6.29 Å². The maximum absolute atomic E-state index is 11.5. The van der Waals surface area contributed by atoms with Gasteiger partial charge in [0.15, 0.2) is 6.29 Å². The first-order chi connectivity index (χ1) is 9.17. The molecule has 1 fully saturated rings. The summed E-state index contributed by atoms with van der Waals surface area (Å²) in [4.78, 5) is 33.5. The molecule has 1 heterocycles. The number of rotatable bonds is 4. The Morgan fingerprint density at radius 3 is 2.79 bits per heavy atom. The van der Waals surface area contributed by atoms with Crippen LogP contribution in [-0.2, 0) is 11.3 Å². The van der Waals surface area contributed by atoms with Crippen molar-refractivity contribution >= 4 is 18.2 Å². The normalized spacial score (nSPS) is 15.2. The number of nitrogens with zero attached hydrogens (tertiary/aromatic N) is 3. The van der Waals surface area contributed by atoms with Gasteiger partial charge in [-0.3, -0.25) is 14.9 Å². The minimum atomic E-state index is -0.502. The summed E-state index contributed by atoms with van der Waals surface area (Å²) in [5, 5.41) is 12.1. The van der Waals surface area contributed by atoms with E-state index in [-0.39, 0.29) is 18.3 Å². The topological polar surface area (TPSA) is 106 Å². The molecule has 2 N–H and O–H groups in total. The molecule has 8 heteroatoms. The molecule has 1 aromatic rings. The molecular weight excluding hydrogens is 250 g/mol. The van der Waals surface area contributed by atoms with Gasteiger partial charge in [-0.25, -0.2) is 9.48 Å². The standard InChI is InChI=1S/C11H15N5O3/c17-7-9-5-16(15-14-9)6-10(18)13-11(19)12-8-3-1-2-4-8/h5,7-8H,1-4,6H2,(H2,12,13,18,19). The largest absolute Gasteiger partial charge is 0.335 e. The summed E-state index contributed by atoms with van der Waals surface area (Å²) in [6.07, 6.45) is 5.98. The van der Waals surface area contributed by atoms with Crippen molar-refractivity contribution in [1.29, 1.82) is 0 Å². The molecule has 8 nitrogen and oxygen atoms in total. The SMILES string of the molecule is O=Cc1cn(CC(=O)NC(=O)NC2CCCC2)nn1. The number of hydrogen-bond donors (Lipinski definition) is 2.